The minimum atomic E-state index is 0.686. The molecule has 0 unspecified atom stereocenters. The molecular formula is C14H19N5. The highest BCUT2D eigenvalue weighted by Crippen LogP contribution is 2.03. The lowest BCUT2D eigenvalue weighted by molar-refractivity contribution is 0.476. The molecule has 0 aliphatic rings. The highest BCUT2D eigenvalue weighted by atomic mass is 15.3. The minimum absolute atomic E-state index is 0.686. The van der Waals surface area contributed by atoms with Crippen LogP contribution in [-0.4, -0.2) is 35.2 Å². The fourth-order valence-corrected chi connectivity index (χ4v) is 1.87. The minimum Gasteiger partial charge on any atom is -0.351 e. The first kappa shape index (κ1) is 13.1. The van der Waals surface area contributed by atoms with Gasteiger partial charge in [-0.25, -0.2) is 0 Å². The molecule has 0 bridgehead atoms. The number of guanidine groups is 1. The molecule has 5 heteroatoms. The first-order valence-electron chi connectivity index (χ1n) is 6.23. The van der Waals surface area contributed by atoms with Gasteiger partial charge in [0, 0.05) is 26.8 Å². The van der Waals surface area contributed by atoms with Gasteiger partial charge < -0.3 is 10.2 Å². The lowest BCUT2D eigenvalue weighted by Gasteiger charge is -2.21. The fraction of sp³-hybridized carbons (Fsp3) is 0.286. The molecule has 0 aliphatic heterocycles. The molecule has 2 aromatic rings. The zero-order chi connectivity index (χ0) is 13.5. The van der Waals surface area contributed by atoms with Crippen LogP contribution in [0.4, 0.5) is 0 Å². The molecule has 2 N–H and O–H groups in total. The summed E-state index contributed by atoms with van der Waals surface area (Å²) < 4.78 is 0. The predicted octanol–water partition coefficient (Wildman–Crippen LogP) is 1.62. The van der Waals surface area contributed by atoms with E-state index in [2.05, 4.69) is 37.5 Å². The summed E-state index contributed by atoms with van der Waals surface area (Å²) in [5.41, 5.74) is 2.30. The van der Waals surface area contributed by atoms with Crippen molar-refractivity contribution < 1.29 is 0 Å². The van der Waals surface area contributed by atoms with Gasteiger partial charge in [-0.1, -0.05) is 30.3 Å². The Balaban J connectivity index is 1.90. The molecule has 0 radical (unpaired) electrons. The molecule has 5 nitrogen and oxygen atoms in total. The van der Waals surface area contributed by atoms with Gasteiger partial charge in [0.25, 0.3) is 0 Å². The molecule has 0 amide bonds. The maximum absolute atomic E-state index is 4.28. The van der Waals surface area contributed by atoms with Crippen LogP contribution in [0.5, 0.6) is 0 Å². The van der Waals surface area contributed by atoms with Crippen LogP contribution >= 0.6 is 0 Å². The Bertz CT molecular complexity index is 504. The third-order valence-electron chi connectivity index (χ3n) is 2.83. The van der Waals surface area contributed by atoms with E-state index in [1.54, 1.807) is 13.2 Å². The summed E-state index contributed by atoms with van der Waals surface area (Å²) >= 11 is 0. The zero-order valence-electron chi connectivity index (χ0n) is 11.3. The van der Waals surface area contributed by atoms with Gasteiger partial charge >= 0.3 is 0 Å². The summed E-state index contributed by atoms with van der Waals surface area (Å²) in [6.07, 6.45) is 1.74. The number of aromatic nitrogens is 2. The molecule has 0 fully saturated rings. The number of hydrogen-bond donors (Lipinski definition) is 2. The van der Waals surface area contributed by atoms with E-state index >= 15 is 0 Å². The number of aliphatic imine (C=N–C) groups is 1. The van der Waals surface area contributed by atoms with Crippen LogP contribution in [-0.2, 0) is 13.1 Å². The van der Waals surface area contributed by atoms with Gasteiger partial charge in [-0.3, -0.25) is 10.1 Å². The second-order valence-corrected chi connectivity index (χ2v) is 4.32. The maximum Gasteiger partial charge on any atom is 0.194 e. The number of benzene rings is 1. The molecule has 1 aromatic heterocycles. The van der Waals surface area contributed by atoms with Gasteiger partial charge in [0.2, 0.25) is 0 Å². The van der Waals surface area contributed by atoms with Crippen molar-refractivity contribution in [2.45, 2.75) is 13.1 Å². The summed E-state index contributed by atoms with van der Waals surface area (Å²) in [7, 11) is 3.81. The molecule has 0 saturated carbocycles. The number of H-pyrrole nitrogens is 1. The van der Waals surface area contributed by atoms with E-state index in [0.29, 0.717) is 6.54 Å². The third-order valence-corrected chi connectivity index (χ3v) is 2.83. The molecule has 19 heavy (non-hydrogen) atoms. The normalized spacial score (nSPS) is 11.4. The van der Waals surface area contributed by atoms with E-state index in [1.165, 1.54) is 5.56 Å². The molecular weight excluding hydrogens is 238 g/mol. The van der Waals surface area contributed by atoms with Crippen LogP contribution in [0.15, 0.2) is 47.6 Å². The summed E-state index contributed by atoms with van der Waals surface area (Å²) in [5, 5.41) is 10.1. The first-order chi connectivity index (χ1) is 9.29. The van der Waals surface area contributed by atoms with Gasteiger partial charge in [-0.15, -0.1) is 0 Å². The maximum atomic E-state index is 4.28. The van der Waals surface area contributed by atoms with E-state index in [-0.39, 0.29) is 0 Å². The molecule has 0 atom stereocenters. The second-order valence-electron chi connectivity index (χ2n) is 4.32. The van der Waals surface area contributed by atoms with E-state index in [4.69, 9.17) is 0 Å². The molecule has 0 saturated heterocycles. The van der Waals surface area contributed by atoms with Crippen molar-refractivity contribution >= 4 is 5.96 Å². The average Bonchev–Trinajstić information content (AvgIpc) is 2.94. The molecule has 1 heterocycles. The highest BCUT2D eigenvalue weighted by molar-refractivity contribution is 5.79. The molecule has 0 spiro atoms. The van der Waals surface area contributed by atoms with Crippen LogP contribution in [0.25, 0.3) is 0 Å². The van der Waals surface area contributed by atoms with Crippen molar-refractivity contribution in [3.8, 4) is 0 Å². The van der Waals surface area contributed by atoms with E-state index in [9.17, 15) is 0 Å². The fourth-order valence-electron chi connectivity index (χ4n) is 1.87. The van der Waals surface area contributed by atoms with Gasteiger partial charge in [0.1, 0.15) is 0 Å². The largest absolute Gasteiger partial charge is 0.351 e. The van der Waals surface area contributed by atoms with Crippen LogP contribution < -0.4 is 5.32 Å². The SMILES string of the molecule is CN=C(NCc1ccn[nH]1)N(C)Cc1ccccc1. The van der Waals surface area contributed by atoms with Gasteiger partial charge in [0.15, 0.2) is 5.96 Å². The standard InChI is InChI=1S/C14H19N5/c1-15-14(16-10-13-8-9-17-18-13)19(2)11-12-6-4-3-5-7-12/h3-9H,10-11H2,1-2H3,(H,15,16)(H,17,18). The van der Waals surface area contributed by atoms with E-state index < -0.39 is 0 Å². The van der Waals surface area contributed by atoms with Crippen LogP contribution in [0.3, 0.4) is 0 Å². The Morgan fingerprint density at radius 3 is 2.74 bits per heavy atom. The Morgan fingerprint density at radius 2 is 2.11 bits per heavy atom. The molecule has 0 aliphatic carbocycles. The smallest absolute Gasteiger partial charge is 0.194 e. The summed E-state index contributed by atoms with van der Waals surface area (Å²) in [4.78, 5) is 6.37. The predicted molar refractivity (Wildman–Crippen MR) is 76.7 cm³/mol. The number of nitrogens with zero attached hydrogens (tertiary/aromatic N) is 3. The third kappa shape index (κ3) is 3.84. The number of hydrogen-bond acceptors (Lipinski definition) is 2. The van der Waals surface area contributed by atoms with Crippen molar-refractivity contribution in [3.63, 3.8) is 0 Å². The number of nitrogens with one attached hydrogen (secondary N) is 2. The summed E-state index contributed by atoms with van der Waals surface area (Å²) in [5.74, 6) is 0.860. The lowest BCUT2D eigenvalue weighted by Crippen LogP contribution is -2.38. The zero-order valence-corrected chi connectivity index (χ0v) is 11.3. The lowest BCUT2D eigenvalue weighted by atomic mass is 10.2. The van der Waals surface area contributed by atoms with Crippen molar-refractivity contribution in [3.05, 3.63) is 53.9 Å². The second kappa shape index (κ2) is 6.58. The Kier molecular flexibility index (Phi) is 4.55. The van der Waals surface area contributed by atoms with Gasteiger partial charge in [-0.2, -0.15) is 5.10 Å². The van der Waals surface area contributed by atoms with Crippen molar-refractivity contribution in [2.75, 3.05) is 14.1 Å². The van der Waals surface area contributed by atoms with Crippen LogP contribution in [0.1, 0.15) is 11.3 Å². The quantitative estimate of drug-likeness (QED) is 0.646. The monoisotopic (exact) mass is 257 g/mol. The molecule has 100 valence electrons. The number of rotatable bonds is 4. The van der Waals surface area contributed by atoms with Gasteiger partial charge in [0.05, 0.1) is 12.2 Å². The number of aromatic amines is 1. The van der Waals surface area contributed by atoms with Crippen molar-refractivity contribution in [2.24, 2.45) is 4.99 Å². The Morgan fingerprint density at radius 1 is 1.32 bits per heavy atom. The summed E-state index contributed by atoms with van der Waals surface area (Å²) in [6, 6.07) is 12.3. The molecule has 1 aromatic carbocycles. The van der Waals surface area contributed by atoms with Crippen LogP contribution in [0, 0.1) is 0 Å². The highest BCUT2D eigenvalue weighted by Gasteiger charge is 2.06. The summed E-state index contributed by atoms with van der Waals surface area (Å²) in [6.45, 7) is 1.51. The molecule has 2 rings (SSSR count). The van der Waals surface area contributed by atoms with Gasteiger partial charge in [-0.05, 0) is 11.6 Å². The van der Waals surface area contributed by atoms with E-state index in [1.807, 2.05) is 31.3 Å². The van der Waals surface area contributed by atoms with E-state index in [0.717, 1.165) is 18.2 Å². The Hall–Kier alpha value is -2.30. The van der Waals surface area contributed by atoms with Crippen LogP contribution in [0.2, 0.25) is 0 Å². The Labute approximate surface area is 113 Å². The average molecular weight is 257 g/mol. The topological polar surface area (TPSA) is 56.3 Å². The van der Waals surface area contributed by atoms with Crippen molar-refractivity contribution in [1.29, 1.82) is 0 Å². The van der Waals surface area contributed by atoms with Crippen molar-refractivity contribution in [1.82, 2.24) is 20.4 Å². The first-order valence-corrected chi connectivity index (χ1v) is 6.23.